The summed E-state index contributed by atoms with van der Waals surface area (Å²) in [7, 11) is 0. The lowest BCUT2D eigenvalue weighted by Gasteiger charge is -2.32. The molecule has 1 aliphatic carbocycles. The number of nitrogens with one attached hydrogen (secondary N) is 1. The van der Waals surface area contributed by atoms with E-state index in [4.69, 9.17) is 11.6 Å². The van der Waals surface area contributed by atoms with Gasteiger partial charge in [0.05, 0.1) is 6.42 Å². The van der Waals surface area contributed by atoms with E-state index >= 15 is 0 Å². The molecule has 0 spiro atoms. The van der Waals surface area contributed by atoms with E-state index in [2.05, 4.69) is 11.4 Å². The minimum absolute atomic E-state index is 0.113. The number of benzene rings is 3. The average Bonchev–Trinajstić information content (AvgIpc) is 2.92. The number of nitrogens with zero attached hydrogens (tertiary/aromatic N) is 1. The fourth-order valence-corrected chi connectivity index (χ4v) is 4.80. The molecule has 3 aromatic rings. The van der Waals surface area contributed by atoms with Gasteiger partial charge in [-0.1, -0.05) is 77.8 Å². The van der Waals surface area contributed by atoms with Crippen LogP contribution in [0.25, 0.3) is 0 Å². The molecule has 192 valence electrons. The summed E-state index contributed by atoms with van der Waals surface area (Å²) in [6.45, 7) is 0.689. The fraction of sp³-hybridized carbons (Fsp3) is 0.290. The molecule has 1 atom stereocenters. The molecule has 2 amide bonds. The summed E-state index contributed by atoms with van der Waals surface area (Å²) in [6.07, 6.45) is 7.79. The van der Waals surface area contributed by atoms with Gasteiger partial charge in [0, 0.05) is 18.1 Å². The van der Waals surface area contributed by atoms with Crippen LogP contribution < -0.4 is 5.32 Å². The first kappa shape index (κ1) is 26.6. The van der Waals surface area contributed by atoms with Crippen LogP contribution in [0.4, 0.5) is 4.39 Å². The molecule has 1 N–H and O–H groups in total. The van der Waals surface area contributed by atoms with E-state index in [1.165, 1.54) is 30.5 Å². The van der Waals surface area contributed by atoms with Crippen LogP contribution in [0, 0.1) is 5.82 Å². The van der Waals surface area contributed by atoms with Gasteiger partial charge in [0.2, 0.25) is 11.8 Å². The predicted molar refractivity (Wildman–Crippen MR) is 145 cm³/mol. The molecule has 0 bridgehead atoms. The molecule has 6 heteroatoms. The Morgan fingerprint density at radius 3 is 2.30 bits per heavy atom. The molecule has 1 aliphatic rings. The summed E-state index contributed by atoms with van der Waals surface area (Å²) in [5.41, 5.74) is 3.65. The van der Waals surface area contributed by atoms with Crippen LogP contribution in [-0.4, -0.2) is 23.3 Å². The van der Waals surface area contributed by atoms with Gasteiger partial charge in [-0.3, -0.25) is 9.59 Å². The van der Waals surface area contributed by atoms with Crippen molar-refractivity contribution in [2.75, 3.05) is 6.54 Å². The summed E-state index contributed by atoms with van der Waals surface area (Å²) >= 11 is 6.02. The van der Waals surface area contributed by atoms with Crippen LogP contribution in [0.2, 0.25) is 5.02 Å². The Hall–Kier alpha value is -3.44. The summed E-state index contributed by atoms with van der Waals surface area (Å²) < 4.78 is 13.6. The molecular weight excluding hydrogens is 487 g/mol. The largest absolute Gasteiger partial charge is 0.354 e. The molecule has 0 heterocycles. The SMILES string of the molecule is O=C(NCCC1=CCCCC1)[C@H](c1ccccc1)N(Cc1ccc(F)cc1)C(=O)Cc1ccc(Cl)cc1. The van der Waals surface area contributed by atoms with E-state index in [0.29, 0.717) is 11.6 Å². The summed E-state index contributed by atoms with van der Waals surface area (Å²) in [5, 5.41) is 3.67. The summed E-state index contributed by atoms with van der Waals surface area (Å²) in [5.74, 6) is -0.781. The molecule has 0 unspecified atom stereocenters. The van der Waals surface area contributed by atoms with Crippen LogP contribution in [0.3, 0.4) is 0 Å². The first-order valence-corrected chi connectivity index (χ1v) is 13.2. The monoisotopic (exact) mass is 518 g/mol. The number of amides is 2. The first-order chi connectivity index (χ1) is 18.0. The highest BCUT2D eigenvalue weighted by molar-refractivity contribution is 6.30. The molecule has 0 radical (unpaired) electrons. The van der Waals surface area contributed by atoms with Crippen LogP contribution in [-0.2, 0) is 22.6 Å². The van der Waals surface area contributed by atoms with Gasteiger partial charge in [0.15, 0.2) is 0 Å². The maximum Gasteiger partial charge on any atom is 0.247 e. The fourth-order valence-electron chi connectivity index (χ4n) is 4.67. The van der Waals surface area contributed by atoms with E-state index in [-0.39, 0.29) is 30.6 Å². The molecular formula is C31H32ClFN2O2. The minimum Gasteiger partial charge on any atom is -0.354 e. The van der Waals surface area contributed by atoms with Crippen molar-refractivity contribution in [1.29, 1.82) is 0 Å². The van der Waals surface area contributed by atoms with E-state index in [1.807, 2.05) is 42.5 Å². The highest BCUT2D eigenvalue weighted by Gasteiger charge is 2.31. The third kappa shape index (κ3) is 7.77. The normalized spacial score (nSPS) is 13.9. The van der Waals surface area contributed by atoms with Gasteiger partial charge in [-0.05, 0) is 73.1 Å². The van der Waals surface area contributed by atoms with Gasteiger partial charge in [-0.25, -0.2) is 4.39 Å². The van der Waals surface area contributed by atoms with Crippen molar-refractivity contribution in [3.63, 3.8) is 0 Å². The maximum absolute atomic E-state index is 13.7. The number of halogens is 2. The second-order valence-corrected chi connectivity index (χ2v) is 9.85. The van der Waals surface area contributed by atoms with Gasteiger partial charge >= 0.3 is 0 Å². The highest BCUT2D eigenvalue weighted by atomic mass is 35.5. The van der Waals surface area contributed by atoms with Gasteiger partial charge in [0.1, 0.15) is 11.9 Å². The summed E-state index contributed by atoms with van der Waals surface area (Å²) in [6, 6.07) is 21.6. The Balaban J connectivity index is 1.60. The van der Waals surface area contributed by atoms with Gasteiger partial charge in [-0.2, -0.15) is 0 Å². The molecule has 37 heavy (non-hydrogen) atoms. The minimum atomic E-state index is -0.827. The predicted octanol–water partition coefficient (Wildman–Crippen LogP) is 6.80. The topological polar surface area (TPSA) is 49.4 Å². The van der Waals surface area contributed by atoms with Crippen LogP contribution in [0.5, 0.6) is 0 Å². The number of hydrogen-bond donors (Lipinski definition) is 1. The second-order valence-electron chi connectivity index (χ2n) is 9.41. The smallest absolute Gasteiger partial charge is 0.247 e. The number of carbonyl (C=O) groups excluding carboxylic acids is 2. The number of hydrogen-bond acceptors (Lipinski definition) is 2. The third-order valence-electron chi connectivity index (χ3n) is 6.66. The van der Waals surface area contributed by atoms with Gasteiger partial charge < -0.3 is 10.2 Å². The highest BCUT2D eigenvalue weighted by Crippen LogP contribution is 2.26. The zero-order chi connectivity index (χ0) is 26.0. The van der Waals surface area contributed by atoms with Crippen molar-refractivity contribution in [1.82, 2.24) is 10.2 Å². The lowest BCUT2D eigenvalue weighted by molar-refractivity contribution is -0.141. The maximum atomic E-state index is 13.7. The Kier molecular flexibility index (Phi) is 9.50. The van der Waals surface area contributed by atoms with Crippen molar-refractivity contribution in [3.05, 3.63) is 118 Å². The van der Waals surface area contributed by atoms with Crippen LogP contribution in [0.15, 0.2) is 90.5 Å². The molecule has 4 nitrogen and oxygen atoms in total. The van der Waals surface area contributed by atoms with Crippen LogP contribution in [0.1, 0.15) is 54.8 Å². The van der Waals surface area contributed by atoms with Crippen molar-refractivity contribution >= 4 is 23.4 Å². The van der Waals surface area contributed by atoms with E-state index in [9.17, 15) is 14.0 Å². The lowest BCUT2D eigenvalue weighted by Crippen LogP contribution is -2.44. The van der Waals surface area contributed by atoms with E-state index < -0.39 is 6.04 Å². The average molecular weight is 519 g/mol. The zero-order valence-electron chi connectivity index (χ0n) is 20.8. The van der Waals surface area contributed by atoms with Crippen molar-refractivity contribution in [2.24, 2.45) is 0 Å². The van der Waals surface area contributed by atoms with E-state index in [0.717, 1.165) is 36.0 Å². The Bertz CT molecular complexity index is 1210. The number of allylic oxidation sites excluding steroid dienone is 1. The van der Waals surface area contributed by atoms with Crippen LogP contribution >= 0.6 is 11.6 Å². The number of rotatable bonds is 10. The molecule has 4 rings (SSSR count). The van der Waals surface area contributed by atoms with E-state index in [1.54, 1.807) is 29.2 Å². The third-order valence-corrected chi connectivity index (χ3v) is 6.91. The molecule has 0 saturated carbocycles. The Morgan fingerprint density at radius 2 is 1.62 bits per heavy atom. The van der Waals surface area contributed by atoms with Gasteiger partial charge in [0.25, 0.3) is 0 Å². The van der Waals surface area contributed by atoms with Crippen molar-refractivity contribution in [3.8, 4) is 0 Å². The van der Waals surface area contributed by atoms with Crippen molar-refractivity contribution < 1.29 is 14.0 Å². The van der Waals surface area contributed by atoms with Crippen molar-refractivity contribution in [2.45, 2.75) is 51.1 Å². The summed E-state index contributed by atoms with van der Waals surface area (Å²) in [4.78, 5) is 29.0. The Labute approximate surface area is 223 Å². The lowest BCUT2D eigenvalue weighted by atomic mass is 9.97. The molecule has 0 aliphatic heterocycles. The standard InChI is InChI=1S/C31H32ClFN2O2/c32-27-15-11-24(12-16-27)21-29(36)35(22-25-13-17-28(33)18-14-25)30(26-9-5-2-6-10-26)31(37)34-20-19-23-7-3-1-4-8-23/h2,5-7,9-18,30H,1,3-4,8,19-22H2,(H,34,37)/t30-/m0/s1. The molecule has 3 aromatic carbocycles. The zero-order valence-corrected chi connectivity index (χ0v) is 21.6. The molecule has 0 saturated heterocycles. The molecule has 0 aromatic heterocycles. The Morgan fingerprint density at radius 1 is 0.919 bits per heavy atom. The second kappa shape index (κ2) is 13.2. The quantitative estimate of drug-likeness (QED) is 0.300. The van der Waals surface area contributed by atoms with Gasteiger partial charge in [-0.15, -0.1) is 0 Å². The first-order valence-electron chi connectivity index (χ1n) is 12.8. The number of carbonyl (C=O) groups is 2. The molecule has 0 fully saturated rings.